The van der Waals surface area contributed by atoms with Crippen LogP contribution >= 0.6 is 0 Å². The maximum Gasteiger partial charge on any atom is 0.327 e. The van der Waals surface area contributed by atoms with Crippen LogP contribution in [-0.4, -0.2) is 69.4 Å². The van der Waals surface area contributed by atoms with Crippen LogP contribution in [0.5, 0.6) is 5.75 Å². The van der Waals surface area contributed by atoms with Crippen molar-refractivity contribution in [1.82, 2.24) is 14.7 Å². The molecular weight excluding hydrogens is 358 g/mol. The first-order valence-electron chi connectivity index (χ1n) is 10.0. The molecule has 0 saturated carbocycles. The molecule has 1 aromatic rings. The van der Waals surface area contributed by atoms with Crippen molar-refractivity contribution in [3.05, 3.63) is 29.8 Å². The summed E-state index contributed by atoms with van der Waals surface area (Å²) in [5.74, 6) is -0.174. The Labute approximate surface area is 165 Å². The summed E-state index contributed by atoms with van der Waals surface area (Å²) >= 11 is 0. The van der Waals surface area contributed by atoms with Gasteiger partial charge < -0.3 is 14.9 Å². The van der Waals surface area contributed by atoms with E-state index < -0.39 is 5.54 Å². The van der Waals surface area contributed by atoms with Gasteiger partial charge in [-0.05, 0) is 37.3 Å². The van der Waals surface area contributed by atoms with Gasteiger partial charge in [0.15, 0.2) is 0 Å². The third kappa shape index (κ3) is 3.34. The van der Waals surface area contributed by atoms with Crippen molar-refractivity contribution in [1.29, 1.82) is 0 Å². The quantitative estimate of drug-likeness (QED) is 0.788. The average Bonchev–Trinajstić information content (AvgIpc) is 2.85. The van der Waals surface area contributed by atoms with E-state index in [9.17, 15) is 19.5 Å². The molecule has 1 spiro atoms. The number of hydrogen-bond donors (Lipinski definition) is 1. The van der Waals surface area contributed by atoms with Crippen LogP contribution in [0.15, 0.2) is 24.3 Å². The Morgan fingerprint density at radius 2 is 1.82 bits per heavy atom. The van der Waals surface area contributed by atoms with Crippen molar-refractivity contribution in [3.63, 3.8) is 0 Å². The van der Waals surface area contributed by atoms with Crippen molar-refractivity contribution < 1.29 is 19.5 Å². The van der Waals surface area contributed by atoms with Crippen molar-refractivity contribution in [3.8, 4) is 5.75 Å². The number of imide groups is 1. The van der Waals surface area contributed by atoms with E-state index in [-0.39, 0.29) is 35.1 Å². The largest absolute Gasteiger partial charge is 0.507 e. The van der Waals surface area contributed by atoms with E-state index in [2.05, 4.69) is 0 Å². The summed E-state index contributed by atoms with van der Waals surface area (Å²) in [6, 6.07) is 6.27. The SMILES string of the molecule is CCCN1C(=O)N(CC(C)C)C2(CCN(C(=O)c3ccccc3O)CC2)C1=O. The minimum Gasteiger partial charge on any atom is -0.507 e. The van der Waals surface area contributed by atoms with Gasteiger partial charge in [-0.2, -0.15) is 0 Å². The first-order chi connectivity index (χ1) is 13.3. The highest BCUT2D eigenvalue weighted by atomic mass is 16.3. The number of amides is 4. The number of nitrogens with zero attached hydrogens (tertiary/aromatic N) is 3. The third-order valence-electron chi connectivity index (χ3n) is 5.63. The van der Waals surface area contributed by atoms with Crippen molar-refractivity contribution in [2.75, 3.05) is 26.2 Å². The summed E-state index contributed by atoms with van der Waals surface area (Å²) in [7, 11) is 0. The molecule has 0 radical (unpaired) electrons. The van der Waals surface area contributed by atoms with E-state index in [0.29, 0.717) is 39.0 Å². The molecular formula is C21H29N3O4. The lowest BCUT2D eigenvalue weighted by Crippen LogP contribution is -2.58. The van der Waals surface area contributed by atoms with Gasteiger partial charge in [-0.3, -0.25) is 14.5 Å². The molecule has 0 bridgehead atoms. The summed E-state index contributed by atoms with van der Waals surface area (Å²) in [4.78, 5) is 43.7. The smallest absolute Gasteiger partial charge is 0.327 e. The molecule has 7 heteroatoms. The number of rotatable bonds is 5. The zero-order chi connectivity index (χ0) is 20.5. The predicted molar refractivity (Wildman–Crippen MR) is 105 cm³/mol. The number of carbonyl (C=O) groups excluding carboxylic acids is 3. The maximum absolute atomic E-state index is 13.2. The lowest BCUT2D eigenvalue weighted by Gasteiger charge is -2.42. The van der Waals surface area contributed by atoms with Gasteiger partial charge in [0.05, 0.1) is 5.56 Å². The van der Waals surface area contributed by atoms with E-state index in [1.54, 1.807) is 28.0 Å². The van der Waals surface area contributed by atoms with Gasteiger partial charge in [0.25, 0.3) is 11.8 Å². The monoisotopic (exact) mass is 387 g/mol. The third-order valence-corrected chi connectivity index (χ3v) is 5.63. The van der Waals surface area contributed by atoms with Gasteiger partial charge in [0.1, 0.15) is 11.3 Å². The second-order valence-corrected chi connectivity index (χ2v) is 8.08. The fourth-order valence-corrected chi connectivity index (χ4v) is 4.21. The van der Waals surface area contributed by atoms with Crippen LogP contribution in [0, 0.1) is 5.92 Å². The van der Waals surface area contributed by atoms with E-state index in [0.717, 1.165) is 6.42 Å². The normalized spacial score (nSPS) is 19.2. The second kappa shape index (κ2) is 7.81. The van der Waals surface area contributed by atoms with Gasteiger partial charge in [-0.1, -0.05) is 32.9 Å². The Morgan fingerprint density at radius 3 is 2.39 bits per heavy atom. The molecule has 2 aliphatic rings. The molecule has 0 atom stereocenters. The maximum atomic E-state index is 13.2. The fraction of sp³-hybridized carbons (Fsp3) is 0.571. The number of aromatic hydroxyl groups is 1. The molecule has 3 rings (SSSR count). The number of urea groups is 1. The van der Waals surface area contributed by atoms with Crippen LogP contribution in [0.4, 0.5) is 4.79 Å². The molecule has 1 aromatic carbocycles. The number of likely N-dealkylation sites (tertiary alicyclic amines) is 1. The predicted octanol–water partition coefficient (Wildman–Crippen LogP) is 2.70. The van der Waals surface area contributed by atoms with E-state index in [1.165, 1.54) is 11.0 Å². The number of hydrogen-bond acceptors (Lipinski definition) is 4. The van der Waals surface area contributed by atoms with Gasteiger partial charge in [0, 0.05) is 26.2 Å². The first kappa shape index (κ1) is 20.2. The van der Waals surface area contributed by atoms with Gasteiger partial charge in [-0.15, -0.1) is 0 Å². The molecule has 7 nitrogen and oxygen atoms in total. The molecule has 2 saturated heterocycles. The molecule has 2 aliphatic heterocycles. The average molecular weight is 387 g/mol. The van der Waals surface area contributed by atoms with Crippen LogP contribution < -0.4 is 0 Å². The van der Waals surface area contributed by atoms with Crippen LogP contribution in [0.2, 0.25) is 0 Å². The van der Waals surface area contributed by atoms with E-state index in [4.69, 9.17) is 0 Å². The van der Waals surface area contributed by atoms with E-state index in [1.807, 2.05) is 20.8 Å². The summed E-state index contributed by atoms with van der Waals surface area (Å²) in [5.41, 5.74) is -0.592. The number of carbonyl (C=O) groups is 3. The summed E-state index contributed by atoms with van der Waals surface area (Å²) in [6.45, 7) is 7.72. The summed E-state index contributed by atoms with van der Waals surface area (Å²) in [5, 5.41) is 9.97. The van der Waals surface area contributed by atoms with E-state index >= 15 is 0 Å². The highest BCUT2D eigenvalue weighted by Gasteiger charge is 2.57. The molecule has 152 valence electrons. The Balaban J connectivity index is 1.81. The standard InChI is InChI=1S/C21H29N3O4/c1-4-11-23-19(27)21(24(20(23)28)14-15(2)3)9-12-22(13-10-21)18(26)16-7-5-6-8-17(16)25/h5-8,15,25H,4,9-14H2,1-3H3. The number of para-hydroxylation sites is 1. The molecule has 0 aliphatic carbocycles. The highest BCUT2D eigenvalue weighted by Crippen LogP contribution is 2.38. The second-order valence-electron chi connectivity index (χ2n) is 8.08. The van der Waals surface area contributed by atoms with Crippen LogP contribution in [-0.2, 0) is 4.79 Å². The first-order valence-corrected chi connectivity index (χ1v) is 10.0. The zero-order valence-electron chi connectivity index (χ0n) is 16.9. The Kier molecular flexibility index (Phi) is 5.63. The number of piperidine rings is 1. The van der Waals surface area contributed by atoms with Gasteiger partial charge in [0.2, 0.25) is 0 Å². The Hall–Kier alpha value is -2.57. The molecule has 2 heterocycles. The Bertz CT molecular complexity index is 769. The minimum absolute atomic E-state index is 0.0459. The van der Waals surface area contributed by atoms with Crippen molar-refractivity contribution >= 4 is 17.8 Å². The number of phenols is 1. The lowest BCUT2D eigenvalue weighted by atomic mass is 9.85. The van der Waals surface area contributed by atoms with Crippen LogP contribution in [0.25, 0.3) is 0 Å². The van der Waals surface area contributed by atoms with Crippen molar-refractivity contribution in [2.24, 2.45) is 5.92 Å². The minimum atomic E-state index is -0.855. The van der Waals surface area contributed by atoms with Gasteiger partial charge in [-0.25, -0.2) is 4.79 Å². The Morgan fingerprint density at radius 1 is 1.18 bits per heavy atom. The number of phenolic OH excluding ortho intramolecular Hbond substituents is 1. The topological polar surface area (TPSA) is 81.2 Å². The molecule has 1 N–H and O–H groups in total. The summed E-state index contributed by atoms with van der Waals surface area (Å²) in [6.07, 6.45) is 1.56. The van der Waals surface area contributed by atoms with Crippen LogP contribution in [0.3, 0.4) is 0 Å². The van der Waals surface area contributed by atoms with Crippen LogP contribution in [0.1, 0.15) is 50.4 Å². The highest BCUT2D eigenvalue weighted by molar-refractivity contribution is 6.07. The van der Waals surface area contributed by atoms with Crippen molar-refractivity contribution in [2.45, 2.75) is 45.6 Å². The van der Waals surface area contributed by atoms with Gasteiger partial charge >= 0.3 is 6.03 Å². The number of benzene rings is 1. The molecule has 4 amide bonds. The molecule has 0 unspecified atom stereocenters. The molecule has 28 heavy (non-hydrogen) atoms. The molecule has 0 aromatic heterocycles. The zero-order valence-corrected chi connectivity index (χ0v) is 16.9. The fourth-order valence-electron chi connectivity index (χ4n) is 4.21. The molecule has 2 fully saturated rings. The summed E-state index contributed by atoms with van der Waals surface area (Å²) < 4.78 is 0. The lowest BCUT2D eigenvalue weighted by molar-refractivity contribution is -0.135.